The molecule has 0 saturated carbocycles. The summed E-state index contributed by atoms with van der Waals surface area (Å²) < 4.78 is 7.11. The number of aromatic nitrogens is 2. The number of rotatable bonds is 6. The fourth-order valence-corrected chi connectivity index (χ4v) is 1.74. The minimum Gasteiger partial charge on any atom is -0.444 e. The molecule has 0 atom stereocenters. The topological polar surface area (TPSA) is 68.2 Å². The lowest BCUT2D eigenvalue weighted by atomic mass is 10.1. The minimum atomic E-state index is -0.465. The Hall–Kier alpha value is -1.82. The van der Waals surface area contributed by atoms with Crippen molar-refractivity contribution in [3.63, 3.8) is 0 Å². The van der Waals surface area contributed by atoms with E-state index in [1.54, 1.807) is 0 Å². The maximum atomic E-state index is 11.4. The van der Waals surface area contributed by atoms with Crippen molar-refractivity contribution >= 4 is 6.09 Å². The summed E-state index contributed by atoms with van der Waals surface area (Å²) in [5.74, 6) is 0. The van der Waals surface area contributed by atoms with E-state index in [0.717, 1.165) is 18.7 Å². The largest absolute Gasteiger partial charge is 0.444 e. The molecule has 6 heteroatoms. The molecular formula is C17H30N4O2. The summed E-state index contributed by atoms with van der Waals surface area (Å²) in [5, 5.41) is 10.3. The highest BCUT2D eigenvalue weighted by Crippen LogP contribution is 2.12. The zero-order valence-corrected chi connectivity index (χ0v) is 15.1. The zero-order valence-electron chi connectivity index (χ0n) is 15.1. The Morgan fingerprint density at radius 1 is 1.22 bits per heavy atom. The van der Waals surface area contributed by atoms with Crippen LogP contribution in [0, 0.1) is 0 Å². The Bertz CT molecular complexity index is 521. The van der Waals surface area contributed by atoms with Crippen molar-refractivity contribution in [2.75, 3.05) is 13.1 Å². The van der Waals surface area contributed by atoms with Crippen LogP contribution in [0.15, 0.2) is 24.5 Å². The van der Waals surface area contributed by atoms with Crippen LogP contribution in [0.3, 0.4) is 0 Å². The predicted octanol–water partition coefficient (Wildman–Crippen LogP) is 2.81. The molecule has 1 rings (SSSR count). The van der Waals surface area contributed by atoms with Crippen LogP contribution in [-0.2, 0) is 16.8 Å². The third-order valence-electron chi connectivity index (χ3n) is 2.84. The van der Waals surface area contributed by atoms with Gasteiger partial charge in [-0.2, -0.15) is 5.10 Å². The number of amides is 1. The Morgan fingerprint density at radius 3 is 2.43 bits per heavy atom. The lowest BCUT2D eigenvalue weighted by molar-refractivity contribution is 0.0534. The molecule has 0 fully saturated rings. The van der Waals surface area contributed by atoms with Gasteiger partial charge in [-0.25, -0.2) is 4.79 Å². The number of nitrogens with one attached hydrogen (secondary N) is 2. The van der Waals surface area contributed by atoms with Gasteiger partial charge in [-0.15, -0.1) is 0 Å². The zero-order chi connectivity index (χ0) is 17.5. The molecule has 0 saturated heterocycles. The molecule has 0 aliphatic carbocycles. The van der Waals surface area contributed by atoms with E-state index in [9.17, 15) is 4.79 Å². The maximum Gasteiger partial charge on any atom is 0.407 e. The van der Waals surface area contributed by atoms with Gasteiger partial charge in [0, 0.05) is 31.4 Å². The number of carbonyl (C=O) groups is 1. The van der Waals surface area contributed by atoms with Crippen LogP contribution in [0.25, 0.3) is 0 Å². The highest BCUT2D eigenvalue weighted by atomic mass is 16.6. The van der Waals surface area contributed by atoms with E-state index >= 15 is 0 Å². The molecule has 0 aromatic carbocycles. The summed E-state index contributed by atoms with van der Waals surface area (Å²) in [5.41, 5.74) is 0.693. The summed E-state index contributed by atoms with van der Waals surface area (Å²) >= 11 is 0. The van der Waals surface area contributed by atoms with E-state index in [0.29, 0.717) is 6.54 Å². The van der Waals surface area contributed by atoms with Gasteiger partial charge in [-0.05, 0) is 41.5 Å². The van der Waals surface area contributed by atoms with E-state index in [1.807, 2.05) is 43.8 Å². The van der Waals surface area contributed by atoms with Crippen LogP contribution >= 0.6 is 0 Å². The minimum absolute atomic E-state index is 0.00544. The second-order valence-corrected chi connectivity index (χ2v) is 7.45. The predicted molar refractivity (Wildman–Crippen MR) is 92.3 cm³/mol. The Morgan fingerprint density at radius 2 is 1.87 bits per heavy atom. The summed E-state index contributed by atoms with van der Waals surface area (Å²) in [7, 11) is 0. The van der Waals surface area contributed by atoms with Crippen molar-refractivity contribution in [1.29, 1.82) is 0 Å². The summed E-state index contributed by atoms with van der Waals surface area (Å²) in [6.07, 6.45) is 7.41. The lowest BCUT2D eigenvalue weighted by Gasteiger charge is -2.19. The maximum absolute atomic E-state index is 11.4. The smallest absolute Gasteiger partial charge is 0.407 e. The van der Waals surface area contributed by atoms with Crippen LogP contribution in [0.5, 0.6) is 0 Å². The van der Waals surface area contributed by atoms with E-state index in [-0.39, 0.29) is 5.54 Å². The van der Waals surface area contributed by atoms with Crippen LogP contribution in [0.1, 0.15) is 47.1 Å². The molecule has 0 bridgehead atoms. The van der Waals surface area contributed by atoms with Crippen molar-refractivity contribution in [3.05, 3.63) is 30.1 Å². The molecule has 0 aliphatic rings. The molecule has 1 aromatic rings. The first kappa shape index (κ1) is 19.2. The first-order chi connectivity index (χ1) is 10.6. The first-order valence-corrected chi connectivity index (χ1v) is 7.94. The van der Waals surface area contributed by atoms with Gasteiger partial charge in [-0.1, -0.05) is 12.2 Å². The molecule has 6 nitrogen and oxygen atoms in total. The van der Waals surface area contributed by atoms with E-state index < -0.39 is 11.7 Å². The molecule has 0 unspecified atom stereocenters. The van der Waals surface area contributed by atoms with Gasteiger partial charge in [-0.3, -0.25) is 4.68 Å². The van der Waals surface area contributed by atoms with Gasteiger partial charge >= 0.3 is 6.09 Å². The summed E-state index contributed by atoms with van der Waals surface area (Å²) in [4.78, 5) is 11.4. The van der Waals surface area contributed by atoms with Crippen molar-refractivity contribution in [3.8, 4) is 0 Å². The molecule has 1 heterocycles. The fourth-order valence-electron chi connectivity index (χ4n) is 1.74. The van der Waals surface area contributed by atoms with Gasteiger partial charge in [0.05, 0.1) is 11.7 Å². The van der Waals surface area contributed by atoms with E-state index in [4.69, 9.17) is 4.74 Å². The number of hydrogen-bond donors (Lipinski definition) is 2. The Balaban J connectivity index is 2.18. The molecular weight excluding hydrogens is 292 g/mol. The number of ether oxygens (including phenoxy) is 1. The van der Waals surface area contributed by atoms with Gasteiger partial charge in [0.2, 0.25) is 0 Å². The molecule has 0 spiro atoms. The van der Waals surface area contributed by atoms with Gasteiger partial charge < -0.3 is 15.4 Å². The number of hydrogen-bond acceptors (Lipinski definition) is 4. The monoisotopic (exact) mass is 322 g/mol. The van der Waals surface area contributed by atoms with Crippen LogP contribution in [0.2, 0.25) is 0 Å². The third kappa shape index (κ3) is 8.40. The third-order valence-corrected chi connectivity index (χ3v) is 2.84. The molecule has 0 aliphatic heterocycles. The highest BCUT2D eigenvalue weighted by Gasteiger charge is 2.15. The van der Waals surface area contributed by atoms with Crippen LogP contribution in [0.4, 0.5) is 4.79 Å². The van der Waals surface area contributed by atoms with Crippen molar-refractivity contribution in [2.24, 2.45) is 0 Å². The fraction of sp³-hybridized carbons (Fsp3) is 0.647. The van der Waals surface area contributed by atoms with Gasteiger partial charge in [0.1, 0.15) is 5.60 Å². The second-order valence-electron chi connectivity index (χ2n) is 7.45. The number of nitrogens with zero attached hydrogens (tertiary/aromatic N) is 2. The molecule has 130 valence electrons. The number of alkyl carbamates (subject to hydrolysis) is 1. The molecule has 23 heavy (non-hydrogen) atoms. The van der Waals surface area contributed by atoms with Gasteiger partial charge in [0.25, 0.3) is 0 Å². The molecule has 1 amide bonds. The van der Waals surface area contributed by atoms with Crippen molar-refractivity contribution in [1.82, 2.24) is 20.4 Å². The second kappa shape index (κ2) is 8.15. The van der Waals surface area contributed by atoms with Crippen LogP contribution in [-0.4, -0.2) is 34.6 Å². The average Bonchev–Trinajstić information content (AvgIpc) is 2.84. The SMILES string of the molecule is CC(C)(C)OC(=O)NC/C=C/CNCc1cnn(C(C)(C)C)c1. The van der Waals surface area contributed by atoms with Crippen molar-refractivity contribution < 1.29 is 9.53 Å². The van der Waals surface area contributed by atoms with Crippen molar-refractivity contribution in [2.45, 2.75) is 59.2 Å². The van der Waals surface area contributed by atoms with Gasteiger partial charge in [0.15, 0.2) is 0 Å². The lowest BCUT2D eigenvalue weighted by Crippen LogP contribution is -2.32. The Labute approximate surface area is 139 Å². The standard InChI is InChI=1S/C17H30N4O2/c1-16(2,3)21-13-14(12-20-21)11-18-9-7-8-10-19-15(22)23-17(4,5)6/h7-8,12-13,18H,9-11H2,1-6H3,(H,19,22)/b8-7+. The van der Waals surface area contributed by atoms with E-state index in [1.165, 1.54) is 0 Å². The first-order valence-electron chi connectivity index (χ1n) is 7.94. The van der Waals surface area contributed by atoms with Crippen LogP contribution < -0.4 is 10.6 Å². The Kier molecular flexibility index (Phi) is 6.81. The molecule has 2 N–H and O–H groups in total. The quantitative estimate of drug-likeness (QED) is 0.624. The normalized spacial score (nSPS) is 12.6. The molecule has 1 aromatic heterocycles. The highest BCUT2D eigenvalue weighted by molar-refractivity contribution is 5.67. The summed E-state index contributed by atoms with van der Waals surface area (Å²) in [6, 6.07) is 0. The summed E-state index contributed by atoms with van der Waals surface area (Å²) in [6.45, 7) is 13.8. The van der Waals surface area contributed by atoms with E-state index in [2.05, 4.69) is 42.7 Å². The number of carbonyl (C=O) groups excluding carboxylic acids is 1. The average molecular weight is 322 g/mol. The molecule has 0 radical (unpaired) electrons.